The second-order valence-electron chi connectivity index (χ2n) is 4.42. The SMILES string of the molecule is CC(=O)C/C(=C\C(=O)C(Cl)(Cl)Cl)N1CCCCC1. The number of allylic oxidation sites excluding steroid dienone is 2. The highest BCUT2D eigenvalue weighted by atomic mass is 35.6. The summed E-state index contributed by atoms with van der Waals surface area (Å²) >= 11 is 16.6. The van der Waals surface area contributed by atoms with Crippen LogP contribution < -0.4 is 0 Å². The maximum absolute atomic E-state index is 11.7. The molecule has 0 aromatic carbocycles. The fraction of sp³-hybridized carbons (Fsp3) is 0.667. The lowest BCUT2D eigenvalue weighted by molar-refractivity contribution is -0.116. The van der Waals surface area contributed by atoms with E-state index in [-0.39, 0.29) is 12.2 Å². The monoisotopic (exact) mass is 311 g/mol. The van der Waals surface area contributed by atoms with E-state index in [1.807, 2.05) is 4.90 Å². The molecule has 0 atom stereocenters. The first-order chi connectivity index (χ1) is 8.30. The number of hydrogen-bond donors (Lipinski definition) is 0. The predicted octanol–water partition coefficient (Wildman–Crippen LogP) is 3.27. The van der Waals surface area contributed by atoms with Gasteiger partial charge in [-0.05, 0) is 26.2 Å². The standard InChI is InChI=1S/C12H16Cl3NO2/c1-9(17)7-10(8-11(18)12(13,14)15)16-5-3-2-4-6-16/h8H,2-7H2,1H3/b10-8+. The van der Waals surface area contributed by atoms with Gasteiger partial charge in [-0.3, -0.25) is 9.59 Å². The minimum absolute atomic E-state index is 0.0102. The number of carbonyl (C=O) groups excluding carboxylic acids is 2. The van der Waals surface area contributed by atoms with Crippen LogP contribution in [0.5, 0.6) is 0 Å². The minimum Gasteiger partial charge on any atom is -0.374 e. The van der Waals surface area contributed by atoms with Crippen molar-refractivity contribution in [1.29, 1.82) is 0 Å². The molecule has 1 aliphatic rings. The topological polar surface area (TPSA) is 37.4 Å². The summed E-state index contributed by atoms with van der Waals surface area (Å²) in [5.74, 6) is -0.613. The van der Waals surface area contributed by atoms with Gasteiger partial charge in [0.05, 0.1) is 0 Å². The Hall–Kier alpha value is -0.250. The molecule has 0 radical (unpaired) electrons. The number of nitrogens with zero attached hydrogens (tertiary/aromatic N) is 1. The summed E-state index contributed by atoms with van der Waals surface area (Å²) < 4.78 is -1.96. The van der Waals surface area contributed by atoms with Gasteiger partial charge in [0.25, 0.3) is 3.79 Å². The van der Waals surface area contributed by atoms with Crippen molar-refractivity contribution in [2.75, 3.05) is 13.1 Å². The number of halogens is 3. The van der Waals surface area contributed by atoms with Crippen molar-refractivity contribution in [3.8, 4) is 0 Å². The summed E-state index contributed by atoms with van der Waals surface area (Å²) in [6, 6.07) is 0. The first kappa shape index (κ1) is 15.8. The molecule has 1 aliphatic heterocycles. The molecule has 0 unspecified atom stereocenters. The number of hydrogen-bond acceptors (Lipinski definition) is 3. The maximum atomic E-state index is 11.7. The van der Waals surface area contributed by atoms with Crippen LogP contribution in [0.2, 0.25) is 0 Å². The van der Waals surface area contributed by atoms with Crippen LogP contribution >= 0.6 is 34.8 Å². The van der Waals surface area contributed by atoms with Gasteiger partial charge in [0.1, 0.15) is 5.78 Å². The summed E-state index contributed by atoms with van der Waals surface area (Å²) in [4.78, 5) is 25.0. The van der Waals surface area contributed by atoms with Crippen LogP contribution in [0.15, 0.2) is 11.8 Å². The molecule has 1 fully saturated rings. The molecule has 0 aromatic rings. The van der Waals surface area contributed by atoms with Crippen LogP contribution in [0.4, 0.5) is 0 Å². The van der Waals surface area contributed by atoms with Crippen molar-refractivity contribution >= 4 is 46.4 Å². The van der Waals surface area contributed by atoms with Crippen molar-refractivity contribution in [3.63, 3.8) is 0 Å². The zero-order valence-corrected chi connectivity index (χ0v) is 12.5. The number of carbonyl (C=O) groups is 2. The van der Waals surface area contributed by atoms with E-state index in [9.17, 15) is 9.59 Å². The number of likely N-dealkylation sites (tertiary alicyclic amines) is 1. The van der Waals surface area contributed by atoms with Gasteiger partial charge in [0.15, 0.2) is 0 Å². The molecule has 0 aromatic heterocycles. The fourth-order valence-corrected chi connectivity index (χ4v) is 2.09. The van der Waals surface area contributed by atoms with Gasteiger partial charge in [0, 0.05) is 31.3 Å². The number of Topliss-reactive ketones (excluding diaryl/α,β-unsaturated/α-hetero) is 1. The quantitative estimate of drug-likeness (QED) is 0.590. The van der Waals surface area contributed by atoms with E-state index in [4.69, 9.17) is 34.8 Å². The van der Waals surface area contributed by atoms with E-state index in [2.05, 4.69) is 0 Å². The Balaban J connectivity index is 2.86. The Morgan fingerprint density at radius 3 is 2.17 bits per heavy atom. The van der Waals surface area contributed by atoms with E-state index >= 15 is 0 Å². The molecule has 1 rings (SSSR count). The normalized spacial score (nSPS) is 17.8. The lowest BCUT2D eigenvalue weighted by Gasteiger charge is -2.31. The Bertz CT molecular complexity index is 355. The Labute approximate surface area is 122 Å². The average molecular weight is 313 g/mol. The molecule has 1 heterocycles. The van der Waals surface area contributed by atoms with Crippen LogP contribution in [0, 0.1) is 0 Å². The highest BCUT2D eigenvalue weighted by molar-refractivity contribution is 6.77. The lowest BCUT2D eigenvalue weighted by Crippen LogP contribution is -2.31. The average Bonchev–Trinajstić information content (AvgIpc) is 2.27. The summed E-state index contributed by atoms with van der Waals surface area (Å²) in [5, 5.41) is 0. The number of rotatable bonds is 4. The van der Waals surface area contributed by atoms with Gasteiger partial charge < -0.3 is 4.90 Å². The van der Waals surface area contributed by atoms with E-state index in [1.54, 1.807) is 0 Å². The molecule has 0 bridgehead atoms. The molecule has 0 aliphatic carbocycles. The molecular formula is C12H16Cl3NO2. The molecule has 0 N–H and O–H groups in total. The van der Waals surface area contributed by atoms with Crippen LogP contribution in [-0.2, 0) is 9.59 Å². The Morgan fingerprint density at radius 2 is 1.72 bits per heavy atom. The van der Waals surface area contributed by atoms with E-state index in [0.29, 0.717) is 5.70 Å². The molecule has 0 saturated carbocycles. The Kier molecular flexibility index (Phi) is 5.96. The minimum atomic E-state index is -1.96. The molecule has 6 heteroatoms. The predicted molar refractivity (Wildman–Crippen MR) is 74.1 cm³/mol. The van der Waals surface area contributed by atoms with Gasteiger partial charge in [-0.25, -0.2) is 0 Å². The summed E-state index contributed by atoms with van der Waals surface area (Å²) in [6.45, 7) is 3.16. The molecular weight excluding hydrogens is 296 g/mol. The van der Waals surface area contributed by atoms with Gasteiger partial charge in [0.2, 0.25) is 5.78 Å². The van der Waals surface area contributed by atoms with Gasteiger partial charge in [-0.2, -0.15) is 0 Å². The van der Waals surface area contributed by atoms with Crippen molar-refractivity contribution in [3.05, 3.63) is 11.8 Å². The van der Waals surface area contributed by atoms with Gasteiger partial charge >= 0.3 is 0 Å². The zero-order chi connectivity index (χ0) is 13.8. The fourth-order valence-electron chi connectivity index (χ4n) is 1.92. The van der Waals surface area contributed by atoms with Crippen molar-refractivity contribution in [1.82, 2.24) is 4.90 Å². The summed E-state index contributed by atoms with van der Waals surface area (Å²) in [7, 11) is 0. The van der Waals surface area contributed by atoms with Crippen molar-refractivity contribution < 1.29 is 9.59 Å². The Morgan fingerprint density at radius 1 is 1.17 bits per heavy atom. The highest BCUT2D eigenvalue weighted by Crippen LogP contribution is 2.29. The molecule has 3 nitrogen and oxygen atoms in total. The molecule has 1 saturated heterocycles. The number of ketones is 2. The molecule has 0 amide bonds. The van der Waals surface area contributed by atoms with Crippen LogP contribution in [-0.4, -0.2) is 33.3 Å². The number of piperidine rings is 1. The third kappa shape index (κ3) is 5.17. The second kappa shape index (κ2) is 6.78. The van der Waals surface area contributed by atoms with Crippen LogP contribution in [0.3, 0.4) is 0 Å². The van der Waals surface area contributed by atoms with Gasteiger partial charge in [-0.15, -0.1) is 0 Å². The second-order valence-corrected chi connectivity index (χ2v) is 6.71. The molecule has 18 heavy (non-hydrogen) atoms. The lowest BCUT2D eigenvalue weighted by atomic mass is 10.1. The molecule has 0 spiro atoms. The van der Waals surface area contributed by atoms with Crippen molar-refractivity contribution in [2.45, 2.75) is 36.4 Å². The summed E-state index contributed by atoms with van der Waals surface area (Å²) in [5.41, 5.74) is 0.651. The first-order valence-corrected chi connectivity index (χ1v) is 7.00. The maximum Gasteiger partial charge on any atom is 0.252 e. The highest BCUT2D eigenvalue weighted by Gasteiger charge is 2.29. The van der Waals surface area contributed by atoms with E-state index in [0.717, 1.165) is 25.9 Å². The van der Waals surface area contributed by atoms with E-state index in [1.165, 1.54) is 19.4 Å². The largest absolute Gasteiger partial charge is 0.374 e. The molecule has 102 valence electrons. The van der Waals surface area contributed by atoms with Crippen LogP contribution in [0.25, 0.3) is 0 Å². The van der Waals surface area contributed by atoms with Gasteiger partial charge in [-0.1, -0.05) is 34.8 Å². The first-order valence-electron chi connectivity index (χ1n) is 5.87. The smallest absolute Gasteiger partial charge is 0.252 e. The van der Waals surface area contributed by atoms with E-state index < -0.39 is 9.58 Å². The summed E-state index contributed by atoms with van der Waals surface area (Å²) in [6.07, 6.45) is 4.77. The number of alkyl halides is 3. The van der Waals surface area contributed by atoms with Crippen LogP contribution in [0.1, 0.15) is 32.6 Å². The third-order valence-electron chi connectivity index (χ3n) is 2.77. The zero-order valence-electron chi connectivity index (χ0n) is 10.2. The third-order valence-corrected chi connectivity index (χ3v) is 3.33. The van der Waals surface area contributed by atoms with Crippen molar-refractivity contribution in [2.24, 2.45) is 0 Å².